The number of benzene rings is 1. The molecule has 1 heterocycles. The van der Waals surface area contributed by atoms with Crippen LogP contribution in [0.25, 0.3) is 11.1 Å². The molecule has 2 aromatic rings. The molecule has 27 heavy (non-hydrogen) atoms. The van der Waals surface area contributed by atoms with Crippen LogP contribution in [0.2, 0.25) is 0 Å². The second kappa shape index (κ2) is 8.33. The van der Waals surface area contributed by atoms with Crippen molar-refractivity contribution in [1.82, 2.24) is 4.57 Å². The maximum absolute atomic E-state index is 12.4. The molecular formula is C24H36N2O. The van der Waals surface area contributed by atoms with Crippen LogP contribution in [0, 0.1) is 6.92 Å². The van der Waals surface area contributed by atoms with Gasteiger partial charge in [0.1, 0.15) is 0 Å². The Morgan fingerprint density at radius 2 is 1.70 bits per heavy atom. The number of hydrogen-bond donors (Lipinski definition) is 1. The second-order valence-corrected chi connectivity index (χ2v) is 8.89. The summed E-state index contributed by atoms with van der Waals surface area (Å²) in [5, 5.41) is 0. The highest BCUT2D eigenvalue weighted by Gasteiger charge is 2.26. The zero-order chi connectivity index (χ0) is 20.4. The van der Waals surface area contributed by atoms with Crippen LogP contribution in [0.1, 0.15) is 94.2 Å². The van der Waals surface area contributed by atoms with Gasteiger partial charge in [-0.3, -0.25) is 4.79 Å². The lowest BCUT2D eigenvalue weighted by atomic mass is 9.86. The van der Waals surface area contributed by atoms with Gasteiger partial charge in [0.05, 0.1) is 5.56 Å². The molecule has 3 nitrogen and oxygen atoms in total. The van der Waals surface area contributed by atoms with Crippen molar-refractivity contribution < 1.29 is 4.79 Å². The molecule has 0 aliphatic heterocycles. The molecule has 0 aliphatic rings. The zero-order valence-corrected chi connectivity index (χ0v) is 18.1. The number of nitrogens with two attached hydrogens (primary N) is 1. The number of carbonyl (C=O) groups is 1. The zero-order valence-electron chi connectivity index (χ0n) is 18.1. The fraction of sp³-hybridized carbons (Fsp3) is 0.542. The number of carbonyl (C=O) groups excluding carboxylic acids is 1. The number of amides is 1. The number of hydrogen-bond acceptors (Lipinski definition) is 1. The molecule has 148 valence electrons. The third-order valence-corrected chi connectivity index (χ3v) is 5.37. The summed E-state index contributed by atoms with van der Waals surface area (Å²) in [6.07, 6.45) is 4.46. The first-order valence-corrected chi connectivity index (χ1v) is 10.2. The van der Waals surface area contributed by atoms with Crippen LogP contribution in [0.3, 0.4) is 0 Å². The van der Waals surface area contributed by atoms with Gasteiger partial charge in [-0.25, -0.2) is 0 Å². The van der Waals surface area contributed by atoms with Crippen LogP contribution in [0.4, 0.5) is 0 Å². The van der Waals surface area contributed by atoms with Gasteiger partial charge < -0.3 is 10.3 Å². The molecule has 0 spiro atoms. The van der Waals surface area contributed by atoms with E-state index in [-0.39, 0.29) is 11.3 Å². The maximum atomic E-state index is 12.4. The minimum Gasteiger partial charge on any atom is -0.366 e. The first-order chi connectivity index (χ1) is 12.6. The summed E-state index contributed by atoms with van der Waals surface area (Å²) < 4.78 is 2.31. The third kappa shape index (κ3) is 4.45. The van der Waals surface area contributed by atoms with E-state index in [1.807, 2.05) is 6.92 Å². The number of aromatic nitrogens is 1. The molecule has 0 aliphatic carbocycles. The highest BCUT2D eigenvalue weighted by atomic mass is 16.1. The van der Waals surface area contributed by atoms with Gasteiger partial charge in [0.2, 0.25) is 0 Å². The van der Waals surface area contributed by atoms with Gasteiger partial charge in [-0.2, -0.15) is 0 Å². The van der Waals surface area contributed by atoms with Crippen LogP contribution in [0.15, 0.2) is 24.3 Å². The van der Waals surface area contributed by atoms with Crippen LogP contribution in [-0.4, -0.2) is 10.5 Å². The van der Waals surface area contributed by atoms with E-state index in [1.165, 1.54) is 24.1 Å². The van der Waals surface area contributed by atoms with Crippen molar-refractivity contribution in [3.05, 3.63) is 46.8 Å². The summed E-state index contributed by atoms with van der Waals surface area (Å²) in [6, 6.07) is 8.95. The predicted octanol–water partition coefficient (Wildman–Crippen LogP) is 6.17. The van der Waals surface area contributed by atoms with Gasteiger partial charge in [-0.15, -0.1) is 0 Å². The highest BCUT2D eigenvalue weighted by Crippen LogP contribution is 2.36. The predicted molar refractivity (Wildman–Crippen MR) is 115 cm³/mol. The summed E-state index contributed by atoms with van der Waals surface area (Å²) in [4.78, 5) is 12.4. The van der Waals surface area contributed by atoms with Gasteiger partial charge in [-0.05, 0) is 50.2 Å². The lowest BCUT2D eigenvalue weighted by Crippen LogP contribution is -2.14. The summed E-state index contributed by atoms with van der Waals surface area (Å²) in [7, 11) is 0. The van der Waals surface area contributed by atoms with Crippen molar-refractivity contribution in [2.75, 3.05) is 0 Å². The van der Waals surface area contributed by atoms with Crippen molar-refractivity contribution in [1.29, 1.82) is 0 Å². The van der Waals surface area contributed by atoms with Crippen molar-refractivity contribution in [3.8, 4) is 11.1 Å². The number of nitrogens with zero attached hydrogens (tertiary/aromatic N) is 1. The Labute approximate surface area is 165 Å². The average Bonchev–Trinajstić information content (AvgIpc) is 2.87. The lowest BCUT2D eigenvalue weighted by molar-refractivity contribution is 0.1000. The Hall–Kier alpha value is -2.03. The molecule has 0 unspecified atom stereocenters. The molecule has 3 heteroatoms. The molecule has 2 rings (SSSR count). The van der Waals surface area contributed by atoms with Crippen LogP contribution < -0.4 is 5.73 Å². The summed E-state index contributed by atoms with van der Waals surface area (Å²) in [5.41, 5.74) is 12.3. The SMILES string of the molecule is CCCCCc1c(-c2ccc(C(C)(C)C)cc2)c(C(N)=O)c(C)n1C(C)C. The Bertz CT molecular complexity index is 789. The average molecular weight is 369 g/mol. The molecule has 2 N–H and O–H groups in total. The Morgan fingerprint density at radius 3 is 2.15 bits per heavy atom. The fourth-order valence-corrected chi connectivity index (χ4v) is 4.00. The van der Waals surface area contributed by atoms with Gasteiger partial charge in [-0.1, -0.05) is 64.8 Å². The third-order valence-electron chi connectivity index (χ3n) is 5.37. The van der Waals surface area contributed by atoms with Gasteiger partial charge in [0.15, 0.2) is 0 Å². The largest absolute Gasteiger partial charge is 0.366 e. The molecule has 1 amide bonds. The number of primary amides is 1. The minimum absolute atomic E-state index is 0.106. The summed E-state index contributed by atoms with van der Waals surface area (Å²) in [6.45, 7) is 15.2. The molecule has 0 bridgehead atoms. The van der Waals surface area contributed by atoms with E-state index in [1.54, 1.807) is 0 Å². The van der Waals surface area contributed by atoms with Crippen LogP contribution >= 0.6 is 0 Å². The van der Waals surface area contributed by atoms with Gasteiger partial charge in [0, 0.05) is 23.0 Å². The van der Waals surface area contributed by atoms with E-state index < -0.39 is 0 Å². The van der Waals surface area contributed by atoms with Crippen molar-refractivity contribution in [2.45, 2.75) is 85.6 Å². The van der Waals surface area contributed by atoms with Gasteiger partial charge >= 0.3 is 0 Å². The normalized spacial score (nSPS) is 12.0. The first kappa shape index (κ1) is 21.3. The van der Waals surface area contributed by atoms with E-state index in [0.29, 0.717) is 11.6 Å². The molecule has 0 atom stereocenters. The molecule has 0 saturated carbocycles. The minimum atomic E-state index is -0.335. The second-order valence-electron chi connectivity index (χ2n) is 8.89. The molecule has 1 aromatic carbocycles. The van der Waals surface area contributed by atoms with Crippen molar-refractivity contribution >= 4 is 5.91 Å². The highest BCUT2D eigenvalue weighted by molar-refractivity contribution is 6.02. The summed E-state index contributed by atoms with van der Waals surface area (Å²) in [5.74, 6) is -0.335. The van der Waals surface area contributed by atoms with E-state index in [2.05, 4.69) is 70.4 Å². The molecule has 0 fully saturated rings. The Balaban J connectivity index is 2.68. The number of rotatable bonds is 7. The molecule has 0 radical (unpaired) electrons. The Morgan fingerprint density at radius 1 is 1.11 bits per heavy atom. The van der Waals surface area contributed by atoms with E-state index >= 15 is 0 Å². The smallest absolute Gasteiger partial charge is 0.251 e. The van der Waals surface area contributed by atoms with E-state index in [9.17, 15) is 4.79 Å². The van der Waals surface area contributed by atoms with Crippen LogP contribution in [-0.2, 0) is 11.8 Å². The van der Waals surface area contributed by atoms with Crippen molar-refractivity contribution in [3.63, 3.8) is 0 Å². The topological polar surface area (TPSA) is 48.0 Å². The molecule has 0 saturated heterocycles. The lowest BCUT2D eigenvalue weighted by Gasteiger charge is -2.20. The van der Waals surface area contributed by atoms with E-state index in [0.717, 1.165) is 29.7 Å². The molecule has 1 aromatic heterocycles. The standard InChI is InChI=1S/C24H36N2O/c1-8-9-10-11-20-22(18-12-14-19(15-13-18)24(5,6)7)21(23(25)27)17(4)26(20)16(2)3/h12-16H,8-11H2,1-7H3,(H2,25,27). The first-order valence-electron chi connectivity index (χ1n) is 10.2. The monoisotopic (exact) mass is 368 g/mol. The quantitative estimate of drug-likeness (QED) is 0.583. The molecular weight excluding hydrogens is 332 g/mol. The maximum Gasteiger partial charge on any atom is 0.251 e. The fourth-order valence-electron chi connectivity index (χ4n) is 4.00. The summed E-state index contributed by atoms with van der Waals surface area (Å²) >= 11 is 0. The van der Waals surface area contributed by atoms with Crippen LogP contribution in [0.5, 0.6) is 0 Å². The Kier molecular flexibility index (Phi) is 6.56. The van der Waals surface area contributed by atoms with Crippen molar-refractivity contribution in [2.24, 2.45) is 5.73 Å². The number of unbranched alkanes of at least 4 members (excludes halogenated alkanes) is 2. The van der Waals surface area contributed by atoms with E-state index in [4.69, 9.17) is 5.73 Å². The van der Waals surface area contributed by atoms with Gasteiger partial charge in [0.25, 0.3) is 5.91 Å².